The molecule has 0 bridgehead atoms. The molecule has 0 amide bonds. The van der Waals surface area contributed by atoms with Crippen molar-refractivity contribution in [2.45, 2.75) is 29.4 Å². The average molecular weight is 423 g/mol. The molecule has 0 saturated carbocycles. The third kappa shape index (κ3) is 4.46. The van der Waals surface area contributed by atoms with E-state index < -0.39 is 0 Å². The molecule has 3 rings (SSSR count). The van der Waals surface area contributed by atoms with Crippen molar-refractivity contribution in [3.63, 3.8) is 0 Å². The topological polar surface area (TPSA) is 33.3 Å². The number of para-hydroxylation sites is 1. The molecule has 2 N–H and O–H groups in total. The first-order valence-corrected chi connectivity index (χ1v) is 10.5. The SMILES string of the molecule is COc1ccccc1CN[I-][C@H]1CCCN[C@H]1c1ccccc1. The van der Waals surface area contributed by atoms with E-state index in [2.05, 4.69) is 51.3 Å². The van der Waals surface area contributed by atoms with Gasteiger partial charge >= 0.3 is 150 Å². The molecule has 1 aliphatic heterocycles. The van der Waals surface area contributed by atoms with Crippen LogP contribution in [0.2, 0.25) is 0 Å². The van der Waals surface area contributed by atoms with E-state index in [1.165, 1.54) is 24.0 Å². The number of methoxy groups -OCH3 is 1. The average Bonchev–Trinajstić information content (AvgIpc) is 2.63. The minimum atomic E-state index is -0.0743. The molecule has 2 atom stereocenters. The molecule has 0 aliphatic carbocycles. The molecule has 4 heteroatoms. The first kappa shape index (κ1) is 16.7. The molecule has 2 aromatic rings. The second-order valence-corrected chi connectivity index (χ2v) is 8.72. The van der Waals surface area contributed by atoms with E-state index in [1.54, 1.807) is 7.11 Å². The Morgan fingerprint density at radius 2 is 1.91 bits per heavy atom. The van der Waals surface area contributed by atoms with Gasteiger partial charge in [-0.1, -0.05) is 0 Å². The Balaban J connectivity index is 1.59. The van der Waals surface area contributed by atoms with Crippen molar-refractivity contribution < 1.29 is 26.2 Å². The van der Waals surface area contributed by atoms with E-state index in [-0.39, 0.29) is 21.5 Å². The minimum absolute atomic E-state index is 0.0743. The first-order chi connectivity index (χ1) is 11.4. The second kappa shape index (κ2) is 8.66. The van der Waals surface area contributed by atoms with Crippen molar-refractivity contribution in [2.24, 2.45) is 0 Å². The van der Waals surface area contributed by atoms with Crippen molar-refractivity contribution in [3.8, 4) is 5.75 Å². The van der Waals surface area contributed by atoms with Gasteiger partial charge in [0.2, 0.25) is 0 Å². The monoisotopic (exact) mass is 423 g/mol. The zero-order valence-electron chi connectivity index (χ0n) is 13.5. The summed E-state index contributed by atoms with van der Waals surface area (Å²) in [7, 11) is 1.74. The summed E-state index contributed by atoms with van der Waals surface area (Å²) in [5.74, 6) is 0.977. The van der Waals surface area contributed by atoms with Crippen LogP contribution >= 0.6 is 0 Å². The van der Waals surface area contributed by atoms with E-state index >= 15 is 0 Å². The zero-order chi connectivity index (χ0) is 15.9. The van der Waals surface area contributed by atoms with E-state index in [0.29, 0.717) is 6.04 Å². The van der Waals surface area contributed by atoms with Crippen molar-refractivity contribution in [3.05, 3.63) is 65.7 Å². The molecule has 0 unspecified atom stereocenters. The Hall–Kier alpha value is -1.11. The molecule has 23 heavy (non-hydrogen) atoms. The normalized spacial score (nSPS) is 21.3. The number of piperidine rings is 1. The molecule has 1 aliphatic rings. The Kier molecular flexibility index (Phi) is 6.30. The van der Waals surface area contributed by atoms with Crippen molar-refractivity contribution >= 4 is 0 Å². The summed E-state index contributed by atoms with van der Waals surface area (Å²) in [6.45, 7) is 2.03. The summed E-state index contributed by atoms with van der Waals surface area (Å²) in [6, 6.07) is 19.7. The first-order valence-electron chi connectivity index (χ1n) is 8.14. The Bertz CT molecular complexity index is 605. The predicted molar refractivity (Wildman–Crippen MR) is 90.0 cm³/mol. The van der Waals surface area contributed by atoms with Crippen LogP contribution in [-0.4, -0.2) is 17.6 Å². The fourth-order valence-corrected chi connectivity index (χ4v) is 5.99. The van der Waals surface area contributed by atoms with Gasteiger partial charge in [0.05, 0.1) is 0 Å². The van der Waals surface area contributed by atoms with Crippen LogP contribution in [0.3, 0.4) is 0 Å². The molecular weight excluding hydrogens is 399 g/mol. The maximum atomic E-state index is 5.44. The quantitative estimate of drug-likeness (QED) is 0.398. The Morgan fingerprint density at radius 1 is 1.13 bits per heavy atom. The van der Waals surface area contributed by atoms with Crippen LogP contribution in [0.5, 0.6) is 5.75 Å². The van der Waals surface area contributed by atoms with Gasteiger partial charge in [0, 0.05) is 0 Å². The van der Waals surface area contributed by atoms with Crippen molar-refractivity contribution in [2.75, 3.05) is 13.7 Å². The predicted octanol–water partition coefficient (Wildman–Crippen LogP) is 0.282. The number of ether oxygens (including phenoxy) is 1. The molecule has 1 fully saturated rings. The van der Waals surface area contributed by atoms with Gasteiger partial charge in [0.1, 0.15) is 0 Å². The van der Waals surface area contributed by atoms with E-state index in [9.17, 15) is 0 Å². The van der Waals surface area contributed by atoms with Gasteiger partial charge in [0.25, 0.3) is 0 Å². The fourth-order valence-electron chi connectivity index (χ4n) is 3.01. The van der Waals surface area contributed by atoms with Crippen LogP contribution < -0.4 is 35.1 Å². The van der Waals surface area contributed by atoms with Gasteiger partial charge in [-0.2, -0.15) is 0 Å². The van der Waals surface area contributed by atoms with Crippen LogP contribution in [0, 0.1) is 0 Å². The van der Waals surface area contributed by atoms with Crippen molar-refractivity contribution in [1.82, 2.24) is 8.85 Å². The van der Waals surface area contributed by atoms with E-state index in [4.69, 9.17) is 4.74 Å². The molecule has 0 spiro atoms. The molecule has 124 valence electrons. The van der Waals surface area contributed by atoms with Gasteiger partial charge in [0.15, 0.2) is 0 Å². The number of nitrogens with one attached hydrogen (secondary N) is 2. The zero-order valence-corrected chi connectivity index (χ0v) is 15.6. The molecule has 2 aromatic carbocycles. The molecule has 1 saturated heterocycles. The summed E-state index contributed by atoms with van der Waals surface area (Å²) >= 11 is -0.0743. The molecule has 3 nitrogen and oxygen atoms in total. The number of rotatable bonds is 6. The number of halogens is 1. The standard InChI is InChI=1S/C19H24IN2O/c1-23-18-12-6-5-10-16(18)14-22-20-17-11-7-13-21-19(17)15-8-3-2-4-9-15/h2-6,8-10,12,17,19,21-22H,7,11,13-14H2,1H3/q-1/t17-,19-/m0/s1. The molecule has 0 aromatic heterocycles. The van der Waals surface area contributed by atoms with Crippen LogP contribution in [0.15, 0.2) is 54.6 Å². The van der Waals surface area contributed by atoms with Crippen LogP contribution in [0.4, 0.5) is 0 Å². The maximum absolute atomic E-state index is 5.44. The number of benzene rings is 2. The van der Waals surface area contributed by atoms with Gasteiger partial charge in [-0.3, -0.25) is 0 Å². The van der Waals surface area contributed by atoms with Crippen LogP contribution in [-0.2, 0) is 6.54 Å². The third-order valence-corrected chi connectivity index (χ3v) is 7.17. The van der Waals surface area contributed by atoms with Crippen LogP contribution in [0.1, 0.15) is 30.0 Å². The van der Waals surface area contributed by atoms with E-state index in [1.807, 2.05) is 12.1 Å². The van der Waals surface area contributed by atoms with Gasteiger partial charge < -0.3 is 0 Å². The molecular formula is C19H24IN2O-. The van der Waals surface area contributed by atoms with Crippen molar-refractivity contribution in [1.29, 1.82) is 0 Å². The molecule has 0 radical (unpaired) electrons. The number of alkyl halides is 1. The summed E-state index contributed by atoms with van der Waals surface area (Å²) in [5, 5.41) is 3.72. The Labute approximate surface area is 149 Å². The number of hydrogen-bond acceptors (Lipinski definition) is 3. The summed E-state index contributed by atoms with van der Waals surface area (Å²) in [6.07, 6.45) is 2.60. The van der Waals surface area contributed by atoms with E-state index in [0.717, 1.165) is 22.8 Å². The second-order valence-electron chi connectivity index (χ2n) is 5.73. The van der Waals surface area contributed by atoms with Crippen LogP contribution in [0.25, 0.3) is 0 Å². The van der Waals surface area contributed by atoms with Gasteiger partial charge in [-0.05, 0) is 0 Å². The molecule has 1 heterocycles. The third-order valence-electron chi connectivity index (χ3n) is 4.21. The van der Waals surface area contributed by atoms with Gasteiger partial charge in [-0.15, -0.1) is 0 Å². The Morgan fingerprint density at radius 3 is 2.74 bits per heavy atom. The summed E-state index contributed by atoms with van der Waals surface area (Å²) in [5.41, 5.74) is 2.67. The van der Waals surface area contributed by atoms with Gasteiger partial charge in [-0.25, -0.2) is 0 Å². The fraction of sp³-hybridized carbons (Fsp3) is 0.368. The summed E-state index contributed by atoms with van der Waals surface area (Å²) < 4.78 is 9.91. The number of hydrogen-bond donors (Lipinski definition) is 2. The summed E-state index contributed by atoms with van der Waals surface area (Å²) in [4.78, 5) is 0.